The molecule has 2 rings (SSSR count). The molecule has 0 amide bonds. The molecule has 2 N–H and O–H groups in total. The predicted molar refractivity (Wildman–Crippen MR) is 76.5 cm³/mol. The van der Waals surface area contributed by atoms with Gasteiger partial charge in [0.05, 0.1) is 18.6 Å². The van der Waals surface area contributed by atoms with Gasteiger partial charge in [0.1, 0.15) is 0 Å². The number of nitrogens with zero attached hydrogens (tertiary/aromatic N) is 2. The first-order valence-electron chi connectivity index (χ1n) is 6.07. The molecule has 0 saturated heterocycles. The quantitative estimate of drug-likeness (QED) is 0.857. The van der Waals surface area contributed by atoms with Crippen LogP contribution in [-0.4, -0.2) is 30.6 Å². The van der Waals surface area contributed by atoms with Crippen LogP contribution < -0.4 is 9.46 Å². The van der Waals surface area contributed by atoms with Crippen molar-refractivity contribution in [1.29, 1.82) is 0 Å². The Hall–Kier alpha value is -2.19. The highest BCUT2D eigenvalue weighted by Gasteiger charge is 2.16. The van der Waals surface area contributed by atoms with E-state index < -0.39 is 10.0 Å². The molecule has 1 heterocycles. The maximum atomic E-state index is 12.2. The molecule has 0 spiro atoms. The molecule has 0 atom stereocenters. The second-order valence-corrected chi connectivity index (χ2v) is 5.97. The van der Waals surface area contributed by atoms with Gasteiger partial charge in [-0.15, -0.1) is 0 Å². The zero-order valence-corrected chi connectivity index (χ0v) is 12.4. The van der Waals surface area contributed by atoms with Crippen molar-refractivity contribution in [3.63, 3.8) is 0 Å². The summed E-state index contributed by atoms with van der Waals surface area (Å²) in [7, 11) is -2.35. The van der Waals surface area contributed by atoms with Crippen LogP contribution in [0.5, 0.6) is 5.88 Å². The lowest BCUT2D eigenvalue weighted by Crippen LogP contribution is -2.15. The number of benzene rings is 1. The van der Waals surface area contributed by atoms with E-state index in [2.05, 4.69) is 14.7 Å². The van der Waals surface area contributed by atoms with Crippen molar-refractivity contribution in [2.75, 3.05) is 11.8 Å². The fourth-order valence-electron chi connectivity index (χ4n) is 1.64. The van der Waals surface area contributed by atoms with Gasteiger partial charge in [0.2, 0.25) is 11.8 Å². The van der Waals surface area contributed by atoms with Gasteiger partial charge >= 0.3 is 0 Å². The van der Waals surface area contributed by atoms with E-state index in [-0.39, 0.29) is 23.3 Å². The number of anilines is 1. The molecule has 0 fully saturated rings. The van der Waals surface area contributed by atoms with Crippen LogP contribution in [0.4, 0.5) is 5.95 Å². The molecule has 0 radical (unpaired) electrons. The van der Waals surface area contributed by atoms with Crippen LogP contribution in [0.1, 0.15) is 11.3 Å². The van der Waals surface area contributed by atoms with Gasteiger partial charge in [-0.3, -0.25) is 0 Å². The minimum atomic E-state index is -3.79. The summed E-state index contributed by atoms with van der Waals surface area (Å²) in [6, 6.07) is 7.47. The summed E-state index contributed by atoms with van der Waals surface area (Å²) in [5.41, 5.74) is 1.21. The maximum absolute atomic E-state index is 12.2. The molecular formula is C13H15N3O4S. The van der Waals surface area contributed by atoms with Crippen molar-refractivity contribution in [2.24, 2.45) is 0 Å². The van der Waals surface area contributed by atoms with E-state index in [9.17, 15) is 8.42 Å². The number of aliphatic hydroxyl groups excluding tert-OH is 1. The summed E-state index contributed by atoms with van der Waals surface area (Å²) in [5, 5.41) is 8.96. The number of aryl methyl sites for hydroxylation is 1. The molecule has 0 aliphatic carbocycles. The van der Waals surface area contributed by atoms with Crippen LogP contribution in [0.25, 0.3) is 0 Å². The number of aliphatic hydroxyl groups is 1. The Kier molecular flexibility index (Phi) is 4.39. The van der Waals surface area contributed by atoms with Gasteiger partial charge in [-0.2, -0.15) is 4.98 Å². The molecule has 0 aliphatic heterocycles. The maximum Gasteiger partial charge on any atom is 0.264 e. The average Bonchev–Trinajstić information content (AvgIpc) is 2.46. The molecule has 1 aromatic carbocycles. The molecule has 0 unspecified atom stereocenters. The second kappa shape index (κ2) is 6.06. The fourth-order valence-corrected chi connectivity index (χ4v) is 2.59. The highest BCUT2D eigenvalue weighted by Crippen LogP contribution is 2.17. The summed E-state index contributed by atoms with van der Waals surface area (Å²) in [5.74, 6) is 0.217. The number of hydrogen-bond donors (Lipinski definition) is 2. The van der Waals surface area contributed by atoms with Crippen molar-refractivity contribution in [1.82, 2.24) is 9.97 Å². The first-order chi connectivity index (χ1) is 9.94. The molecule has 1 aromatic heterocycles. The molecule has 0 saturated carbocycles. The molecule has 112 valence electrons. The molecule has 0 aliphatic rings. The third-order valence-electron chi connectivity index (χ3n) is 2.68. The Labute approximate surface area is 122 Å². The standard InChI is InChI=1S/C13H15N3O4S/c1-9-7-12(20-2)15-13(14-9)16-21(18,19)11-5-3-10(8-17)4-6-11/h3-7,17H,8H2,1-2H3,(H,14,15,16). The minimum absolute atomic E-state index is 0.0573. The van der Waals surface area contributed by atoms with Gasteiger partial charge in [-0.25, -0.2) is 18.1 Å². The summed E-state index contributed by atoms with van der Waals surface area (Å²) in [6.45, 7) is 1.56. The Bertz CT molecular complexity index is 730. The van der Waals surface area contributed by atoms with E-state index in [0.717, 1.165) is 0 Å². The zero-order chi connectivity index (χ0) is 15.5. The van der Waals surface area contributed by atoms with Crippen molar-refractivity contribution < 1.29 is 18.3 Å². The lowest BCUT2D eigenvalue weighted by Gasteiger charge is -2.09. The molecular weight excluding hydrogens is 294 g/mol. The number of methoxy groups -OCH3 is 1. The van der Waals surface area contributed by atoms with Crippen LogP contribution in [0, 0.1) is 6.92 Å². The monoisotopic (exact) mass is 309 g/mol. The highest BCUT2D eigenvalue weighted by molar-refractivity contribution is 7.92. The van der Waals surface area contributed by atoms with Gasteiger partial charge in [0, 0.05) is 11.8 Å². The number of ether oxygens (including phenoxy) is 1. The third kappa shape index (κ3) is 3.67. The zero-order valence-electron chi connectivity index (χ0n) is 11.6. The largest absolute Gasteiger partial charge is 0.481 e. The fraction of sp³-hybridized carbons (Fsp3) is 0.231. The summed E-state index contributed by atoms with van der Waals surface area (Å²) < 4.78 is 31.7. The average molecular weight is 309 g/mol. The van der Waals surface area contributed by atoms with Gasteiger partial charge < -0.3 is 9.84 Å². The van der Waals surface area contributed by atoms with Gasteiger partial charge in [0.25, 0.3) is 10.0 Å². The SMILES string of the molecule is COc1cc(C)nc(NS(=O)(=O)c2ccc(CO)cc2)n1. The highest BCUT2D eigenvalue weighted by atomic mass is 32.2. The van der Waals surface area contributed by atoms with Crippen LogP contribution in [-0.2, 0) is 16.6 Å². The topological polar surface area (TPSA) is 101 Å². The van der Waals surface area contributed by atoms with E-state index >= 15 is 0 Å². The Morgan fingerprint density at radius 1 is 1.24 bits per heavy atom. The van der Waals surface area contributed by atoms with Gasteiger partial charge in [-0.05, 0) is 24.6 Å². The number of aromatic nitrogens is 2. The number of rotatable bonds is 5. The van der Waals surface area contributed by atoms with E-state index in [4.69, 9.17) is 9.84 Å². The van der Waals surface area contributed by atoms with Crippen molar-refractivity contribution in [3.8, 4) is 5.88 Å². The number of sulfonamides is 1. The van der Waals surface area contributed by atoms with Crippen LogP contribution in [0.2, 0.25) is 0 Å². The Balaban J connectivity index is 2.30. The third-order valence-corrected chi connectivity index (χ3v) is 4.03. The van der Waals surface area contributed by atoms with Gasteiger partial charge in [-0.1, -0.05) is 12.1 Å². The lowest BCUT2D eigenvalue weighted by atomic mass is 10.2. The molecule has 7 nitrogen and oxygen atoms in total. The van der Waals surface area contributed by atoms with Crippen LogP contribution >= 0.6 is 0 Å². The van der Waals surface area contributed by atoms with E-state index in [0.29, 0.717) is 11.3 Å². The molecule has 0 bridgehead atoms. The summed E-state index contributed by atoms with van der Waals surface area (Å²) in [4.78, 5) is 8.00. The van der Waals surface area contributed by atoms with Crippen LogP contribution in [0.3, 0.4) is 0 Å². The molecule has 8 heteroatoms. The first kappa shape index (κ1) is 15.2. The molecule has 2 aromatic rings. The summed E-state index contributed by atoms with van der Waals surface area (Å²) >= 11 is 0. The smallest absolute Gasteiger partial charge is 0.264 e. The lowest BCUT2D eigenvalue weighted by molar-refractivity contribution is 0.282. The van der Waals surface area contributed by atoms with E-state index in [1.165, 1.54) is 31.4 Å². The van der Waals surface area contributed by atoms with E-state index in [1.54, 1.807) is 13.0 Å². The number of hydrogen-bond acceptors (Lipinski definition) is 6. The Morgan fingerprint density at radius 2 is 1.90 bits per heavy atom. The predicted octanol–water partition coefficient (Wildman–Crippen LogP) is 1.09. The van der Waals surface area contributed by atoms with Gasteiger partial charge in [0.15, 0.2) is 0 Å². The normalized spacial score (nSPS) is 11.2. The first-order valence-corrected chi connectivity index (χ1v) is 7.55. The minimum Gasteiger partial charge on any atom is -0.481 e. The van der Waals surface area contributed by atoms with Crippen LogP contribution in [0.15, 0.2) is 35.2 Å². The van der Waals surface area contributed by atoms with E-state index in [1.807, 2.05) is 0 Å². The van der Waals surface area contributed by atoms with Crippen molar-refractivity contribution >= 4 is 16.0 Å². The molecule has 21 heavy (non-hydrogen) atoms. The summed E-state index contributed by atoms with van der Waals surface area (Å²) in [6.07, 6.45) is 0. The number of nitrogens with one attached hydrogen (secondary N) is 1. The Morgan fingerprint density at radius 3 is 2.48 bits per heavy atom. The van der Waals surface area contributed by atoms with Crippen molar-refractivity contribution in [2.45, 2.75) is 18.4 Å². The van der Waals surface area contributed by atoms with Crippen molar-refractivity contribution in [3.05, 3.63) is 41.6 Å². The second-order valence-electron chi connectivity index (χ2n) is 4.28.